The first-order valence-corrected chi connectivity index (χ1v) is 7.70. The standard InChI is InChI=1S/C12H18ClN3S/c1-3-4-7-16(9-5-6-9)11-8-10(13)14-12(15-11)17-2/h8-9H,3-7H2,1-2H3. The average Bonchev–Trinajstić information content (AvgIpc) is 3.13. The zero-order valence-electron chi connectivity index (χ0n) is 10.3. The Hall–Kier alpha value is -0.480. The Bertz CT molecular complexity index is 382. The first-order valence-electron chi connectivity index (χ1n) is 6.09. The predicted molar refractivity (Wildman–Crippen MR) is 74.1 cm³/mol. The first-order chi connectivity index (χ1) is 8.24. The largest absolute Gasteiger partial charge is 0.353 e. The lowest BCUT2D eigenvalue weighted by atomic mass is 10.3. The molecule has 1 saturated carbocycles. The molecule has 1 aromatic heterocycles. The molecule has 1 aliphatic carbocycles. The van der Waals surface area contributed by atoms with Gasteiger partial charge in [0.2, 0.25) is 0 Å². The SMILES string of the molecule is CCCCN(c1cc(Cl)nc(SC)n1)C1CC1. The number of aromatic nitrogens is 2. The van der Waals surface area contributed by atoms with Crippen LogP contribution < -0.4 is 4.90 Å². The number of hydrogen-bond donors (Lipinski definition) is 0. The molecule has 0 spiro atoms. The molecule has 3 nitrogen and oxygen atoms in total. The van der Waals surface area contributed by atoms with Crippen molar-refractivity contribution in [1.82, 2.24) is 9.97 Å². The molecule has 0 aromatic carbocycles. The van der Waals surface area contributed by atoms with Crippen molar-refractivity contribution < 1.29 is 0 Å². The molecule has 1 aliphatic rings. The highest BCUT2D eigenvalue weighted by molar-refractivity contribution is 7.98. The number of nitrogens with zero attached hydrogens (tertiary/aromatic N) is 3. The van der Waals surface area contributed by atoms with E-state index in [1.807, 2.05) is 12.3 Å². The topological polar surface area (TPSA) is 29.0 Å². The van der Waals surface area contributed by atoms with Gasteiger partial charge in [-0.1, -0.05) is 36.7 Å². The van der Waals surface area contributed by atoms with Gasteiger partial charge in [0.25, 0.3) is 0 Å². The highest BCUT2D eigenvalue weighted by Gasteiger charge is 2.30. The summed E-state index contributed by atoms with van der Waals surface area (Å²) in [5.74, 6) is 0.991. The molecule has 0 unspecified atom stereocenters. The van der Waals surface area contributed by atoms with Crippen molar-refractivity contribution >= 4 is 29.2 Å². The van der Waals surface area contributed by atoms with Crippen LogP contribution in [0.5, 0.6) is 0 Å². The zero-order valence-corrected chi connectivity index (χ0v) is 11.9. The maximum Gasteiger partial charge on any atom is 0.190 e. The molecule has 0 radical (unpaired) electrons. The Labute approximate surface area is 112 Å². The summed E-state index contributed by atoms with van der Waals surface area (Å²) in [4.78, 5) is 11.1. The van der Waals surface area contributed by atoms with E-state index in [9.17, 15) is 0 Å². The summed E-state index contributed by atoms with van der Waals surface area (Å²) in [7, 11) is 0. The highest BCUT2D eigenvalue weighted by Crippen LogP contribution is 2.32. The minimum Gasteiger partial charge on any atom is -0.353 e. The summed E-state index contributed by atoms with van der Waals surface area (Å²) in [5.41, 5.74) is 0. The molecule has 0 aliphatic heterocycles. The molecule has 17 heavy (non-hydrogen) atoms. The lowest BCUT2D eigenvalue weighted by Gasteiger charge is -2.23. The van der Waals surface area contributed by atoms with Crippen LogP contribution in [-0.4, -0.2) is 28.8 Å². The van der Waals surface area contributed by atoms with Gasteiger partial charge in [-0.2, -0.15) is 0 Å². The van der Waals surface area contributed by atoms with Gasteiger partial charge in [-0.15, -0.1) is 0 Å². The number of thioether (sulfide) groups is 1. The van der Waals surface area contributed by atoms with Gasteiger partial charge >= 0.3 is 0 Å². The average molecular weight is 272 g/mol. The van der Waals surface area contributed by atoms with Crippen molar-refractivity contribution in [2.45, 2.75) is 43.8 Å². The monoisotopic (exact) mass is 271 g/mol. The third-order valence-electron chi connectivity index (χ3n) is 2.88. The molecule has 0 N–H and O–H groups in total. The number of anilines is 1. The minimum absolute atomic E-state index is 0.543. The summed E-state index contributed by atoms with van der Waals surface area (Å²) in [5, 5.41) is 1.30. The summed E-state index contributed by atoms with van der Waals surface area (Å²) in [6.45, 7) is 3.29. The Kier molecular flexibility index (Phi) is 4.51. The quantitative estimate of drug-likeness (QED) is 0.449. The van der Waals surface area contributed by atoms with E-state index >= 15 is 0 Å². The Morgan fingerprint density at radius 1 is 1.47 bits per heavy atom. The molecule has 0 amide bonds. The number of rotatable bonds is 6. The Morgan fingerprint density at radius 3 is 2.82 bits per heavy atom. The Balaban J connectivity index is 2.18. The molecule has 1 heterocycles. The predicted octanol–water partition coefficient (Wildman–Crippen LogP) is 3.62. The summed E-state index contributed by atoms with van der Waals surface area (Å²) < 4.78 is 0. The third kappa shape index (κ3) is 3.49. The molecule has 94 valence electrons. The van der Waals surface area contributed by atoms with Crippen molar-refractivity contribution in [3.63, 3.8) is 0 Å². The number of unbranched alkanes of at least 4 members (excludes halogenated alkanes) is 1. The molecule has 0 saturated heterocycles. The van der Waals surface area contributed by atoms with E-state index in [-0.39, 0.29) is 0 Å². The van der Waals surface area contributed by atoms with Crippen LogP contribution in [0.3, 0.4) is 0 Å². The van der Waals surface area contributed by atoms with Crippen molar-refractivity contribution in [3.8, 4) is 0 Å². The second kappa shape index (κ2) is 5.91. The number of halogens is 1. The second-order valence-corrected chi connectivity index (χ2v) is 5.47. The zero-order chi connectivity index (χ0) is 12.3. The molecule has 0 bridgehead atoms. The van der Waals surface area contributed by atoms with Crippen LogP contribution in [0, 0.1) is 0 Å². The lowest BCUT2D eigenvalue weighted by Crippen LogP contribution is -2.27. The normalized spacial score (nSPS) is 15.0. The van der Waals surface area contributed by atoms with E-state index < -0.39 is 0 Å². The van der Waals surface area contributed by atoms with E-state index in [4.69, 9.17) is 11.6 Å². The van der Waals surface area contributed by atoms with E-state index in [0.717, 1.165) is 17.5 Å². The van der Waals surface area contributed by atoms with Crippen LogP contribution in [0.4, 0.5) is 5.82 Å². The maximum atomic E-state index is 6.04. The van der Waals surface area contributed by atoms with Crippen molar-refractivity contribution in [2.75, 3.05) is 17.7 Å². The van der Waals surface area contributed by atoms with E-state index in [1.165, 1.54) is 37.4 Å². The van der Waals surface area contributed by atoms with Gasteiger partial charge in [0.05, 0.1) is 0 Å². The molecule has 1 fully saturated rings. The molecule has 1 aromatic rings. The van der Waals surface area contributed by atoms with Crippen LogP contribution >= 0.6 is 23.4 Å². The third-order valence-corrected chi connectivity index (χ3v) is 3.62. The van der Waals surface area contributed by atoms with Gasteiger partial charge in [0, 0.05) is 18.7 Å². The maximum absolute atomic E-state index is 6.04. The van der Waals surface area contributed by atoms with Gasteiger partial charge in [-0.25, -0.2) is 9.97 Å². The second-order valence-electron chi connectivity index (χ2n) is 4.31. The number of hydrogen-bond acceptors (Lipinski definition) is 4. The van der Waals surface area contributed by atoms with Crippen molar-refractivity contribution in [1.29, 1.82) is 0 Å². The van der Waals surface area contributed by atoms with Gasteiger partial charge in [-0.05, 0) is 25.5 Å². The molecular weight excluding hydrogens is 254 g/mol. The van der Waals surface area contributed by atoms with E-state index in [0.29, 0.717) is 11.2 Å². The van der Waals surface area contributed by atoms with Gasteiger partial charge in [-0.3, -0.25) is 0 Å². The highest BCUT2D eigenvalue weighted by atomic mass is 35.5. The fourth-order valence-corrected chi connectivity index (χ4v) is 2.42. The summed E-state index contributed by atoms with van der Waals surface area (Å²) >= 11 is 7.58. The van der Waals surface area contributed by atoms with Gasteiger partial charge in [0.15, 0.2) is 5.16 Å². The smallest absolute Gasteiger partial charge is 0.190 e. The summed E-state index contributed by atoms with van der Waals surface area (Å²) in [6, 6.07) is 2.55. The fraction of sp³-hybridized carbons (Fsp3) is 0.667. The molecular formula is C12H18ClN3S. The van der Waals surface area contributed by atoms with Crippen LogP contribution in [0.25, 0.3) is 0 Å². The Morgan fingerprint density at radius 2 is 2.24 bits per heavy atom. The fourth-order valence-electron chi connectivity index (χ4n) is 1.82. The minimum atomic E-state index is 0.543. The lowest BCUT2D eigenvalue weighted by molar-refractivity contribution is 0.698. The van der Waals surface area contributed by atoms with E-state index in [1.54, 1.807) is 0 Å². The van der Waals surface area contributed by atoms with Gasteiger partial charge < -0.3 is 4.90 Å². The van der Waals surface area contributed by atoms with Crippen LogP contribution in [0.1, 0.15) is 32.6 Å². The van der Waals surface area contributed by atoms with Crippen molar-refractivity contribution in [3.05, 3.63) is 11.2 Å². The van der Waals surface area contributed by atoms with E-state index in [2.05, 4.69) is 21.8 Å². The van der Waals surface area contributed by atoms with Crippen LogP contribution in [-0.2, 0) is 0 Å². The van der Waals surface area contributed by atoms with Crippen molar-refractivity contribution in [2.24, 2.45) is 0 Å². The van der Waals surface area contributed by atoms with Crippen LogP contribution in [0.15, 0.2) is 11.2 Å². The molecule has 2 rings (SSSR count). The van der Waals surface area contributed by atoms with Gasteiger partial charge in [0.1, 0.15) is 11.0 Å². The molecule has 5 heteroatoms. The summed E-state index contributed by atoms with van der Waals surface area (Å²) in [6.07, 6.45) is 6.94. The first kappa shape index (κ1) is 13.0. The van der Waals surface area contributed by atoms with Crippen LogP contribution in [0.2, 0.25) is 5.15 Å². The molecule has 0 atom stereocenters.